The smallest absolute Gasteiger partial charge is 0.407 e. The van der Waals surface area contributed by atoms with Crippen LogP contribution in [0.1, 0.15) is 56.4 Å². The summed E-state index contributed by atoms with van der Waals surface area (Å²) in [7, 11) is 0. The summed E-state index contributed by atoms with van der Waals surface area (Å²) in [6, 6.07) is -0.584. The molecule has 2 fully saturated rings. The van der Waals surface area contributed by atoms with Crippen molar-refractivity contribution < 1.29 is 27.8 Å². The van der Waals surface area contributed by atoms with E-state index in [9.17, 15) is 14.4 Å². The van der Waals surface area contributed by atoms with Crippen LogP contribution in [0.25, 0.3) is 10.9 Å². The van der Waals surface area contributed by atoms with Gasteiger partial charge in [0, 0.05) is 25.3 Å². The van der Waals surface area contributed by atoms with Gasteiger partial charge in [-0.2, -0.15) is 0 Å². The summed E-state index contributed by atoms with van der Waals surface area (Å²) < 4.78 is 43.7. The molecule has 200 valence electrons. The molecule has 1 aromatic heterocycles. The third-order valence-electron chi connectivity index (χ3n) is 6.19. The highest BCUT2D eigenvalue weighted by atomic mass is 19.1. The highest BCUT2D eigenvalue weighted by molar-refractivity contribution is 6.01. The van der Waals surface area contributed by atoms with E-state index >= 15 is 8.78 Å². The second-order valence-electron chi connectivity index (χ2n) is 10.2. The molecule has 1 unspecified atom stereocenters. The number of anilines is 2. The second-order valence-corrected chi connectivity index (χ2v) is 10.2. The molecule has 1 atom stereocenters. The van der Waals surface area contributed by atoms with Crippen LogP contribution in [-0.4, -0.2) is 48.0 Å². The Morgan fingerprint density at radius 1 is 1.24 bits per heavy atom. The maximum atomic E-state index is 16.1. The first-order valence-corrected chi connectivity index (χ1v) is 12.1. The average Bonchev–Trinajstić information content (AvgIpc) is 3.56. The van der Waals surface area contributed by atoms with Gasteiger partial charge in [-0.15, -0.1) is 0 Å². The zero-order valence-electron chi connectivity index (χ0n) is 21.0. The molecule has 10 nitrogen and oxygen atoms in total. The van der Waals surface area contributed by atoms with Crippen LogP contribution in [0.15, 0.2) is 23.6 Å². The molecule has 0 spiro atoms. The summed E-state index contributed by atoms with van der Waals surface area (Å²) >= 11 is 0. The maximum absolute atomic E-state index is 16.1. The largest absolute Gasteiger partial charge is 0.458 e. The predicted molar refractivity (Wildman–Crippen MR) is 135 cm³/mol. The lowest BCUT2D eigenvalue weighted by molar-refractivity contribution is 0.0506. The highest BCUT2D eigenvalue weighted by Crippen LogP contribution is 2.42. The van der Waals surface area contributed by atoms with E-state index in [4.69, 9.17) is 15.3 Å². The van der Waals surface area contributed by atoms with Gasteiger partial charge >= 0.3 is 12.1 Å². The number of hydrazine groups is 1. The topological polar surface area (TPSA) is 128 Å². The monoisotopic (exact) mass is 519 g/mol. The van der Waals surface area contributed by atoms with E-state index in [1.165, 1.54) is 21.7 Å². The molecule has 4 N–H and O–H groups in total. The Bertz CT molecular complexity index is 1320. The Hall–Kier alpha value is -3.67. The van der Waals surface area contributed by atoms with Crippen molar-refractivity contribution in [3.8, 4) is 0 Å². The summed E-state index contributed by atoms with van der Waals surface area (Å²) in [5, 5.41) is 2.35. The zero-order valence-corrected chi connectivity index (χ0v) is 21.0. The van der Waals surface area contributed by atoms with E-state index < -0.39 is 46.5 Å². The minimum Gasteiger partial charge on any atom is -0.458 e. The van der Waals surface area contributed by atoms with Gasteiger partial charge in [-0.3, -0.25) is 10.6 Å². The number of hydrogen-bond donors (Lipinski definition) is 3. The van der Waals surface area contributed by atoms with Crippen LogP contribution in [-0.2, 0) is 9.47 Å². The van der Waals surface area contributed by atoms with Crippen LogP contribution in [0.4, 0.5) is 25.0 Å². The number of nitrogens with one attached hydrogen (secondary N) is 2. The number of fused-ring (bicyclic) bond motifs is 1. The fraction of sp³-hybridized carbons (Fsp3) is 0.480. The van der Waals surface area contributed by atoms with Crippen LogP contribution in [0.5, 0.6) is 0 Å². The standard InChI is InChI=1S/C25H31F2N5O5/c1-5-10-36-23(34)15-12-32(14-6-7-14)20-16(22(15)33)19(30-28)17(26)21(18(20)27)31-9-8-13(11-31)29-24(35)37-25(2,3)4/h5,12-14,30H,1,6-11,28H2,2-4H3,(H,29,35). The van der Waals surface area contributed by atoms with Crippen molar-refractivity contribution in [2.24, 2.45) is 5.84 Å². The van der Waals surface area contributed by atoms with E-state index in [0.29, 0.717) is 19.3 Å². The molecule has 37 heavy (non-hydrogen) atoms. The van der Waals surface area contributed by atoms with Crippen LogP contribution in [0.3, 0.4) is 0 Å². The zero-order chi connectivity index (χ0) is 27.1. The number of nitrogen functional groups attached to an aromatic ring is 1. The predicted octanol–water partition coefficient (Wildman–Crippen LogP) is 3.35. The van der Waals surface area contributed by atoms with Crippen molar-refractivity contribution >= 4 is 34.3 Å². The number of alkyl carbamates (subject to hydrolysis) is 1. The van der Waals surface area contributed by atoms with Crippen molar-refractivity contribution in [2.75, 3.05) is 30.0 Å². The number of carbonyl (C=O) groups excluding carboxylic acids is 2. The number of nitrogens with zero attached hydrogens (tertiary/aromatic N) is 2. The van der Waals surface area contributed by atoms with Crippen molar-refractivity contribution in [1.82, 2.24) is 9.88 Å². The van der Waals surface area contributed by atoms with Crippen LogP contribution >= 0.6 is 0 Å². The molecule has 1 saturated heterocycles. The third kappa shape index (κ3) is 5.24. The Kier molecular flexibility index (Phi) is 7.13. The number of rotatable bonds is 7. The number of pyridine rings is 1. The SMILES string of the molecule is C=CCOC(=O)c1cn(C2CC2)c2c(F)c(N3CCC(NC(=O)OC(C)(C)C)C3)c(F)c(NN)c2c1=O. The summed E-state index contributed by atoms with van der Waals surface area (Å²) in [6.07, 6.45) is 3.80. The van der Waals surface area contributed by atoms with E-state index in [1.807, 2.05) is 0 Å². The molecule has 4 rings (SSSR count). The number of amides is 1. The first kappa shape index (κ1) is 26.4. The molecular formula is C25H31F2N5O5. The van der Waals surface area contributed by atoms with Crippen molar-refractivity contribution in [1.29, 1.82) is 0 Å². The van der Waals surface area contributed by atoms with Crippen molar-refractivity contribution in [2.45, 2.75) is 57.7 Å². The molecule has 0 bridgehead atoms. The normalized spacial score (nSPS) is 17.6. The van der Waals surface area contributed by atoms with Gasteiger partial charge in [0.25, 0.3) is 0 Å². The highest BCUT2D eigenvalue weighted by Gasteiger charge is 2.36. The molecule has 1 aliphatic heterocycles. The fourth-order valence-electron chi connectivity index (χ4n) is 4.49. The van der Waals surface area contributed by atoms with Crippen LogP contribution in [0, 0.1) is 11.6 Å². The first-order valence-electron chi connectivity index (χ1n) is 12.1. The second kappa shape index (κ2) is 10.0. The fourth-order valence-corrected chi connectivity index (χ4v) is 4.49. The molecule has 2 heterocycles. The summed E-state index contributed by atoms with van der Waals surface area (Å²) in [6.45, 7) is 8.90. The number of carbonyl (C=O) groups is 2. The summed E-state index contributed by atoms with van der Waals surface area (Å²) in [5.74, 6) is 2.68. The third-order valence-corrected chi connectivity index (χ3v) is 6.19. The number of esters is 1. The summed E-state index contributed by atoms with van der Waals surface area (Å²) in [4.78, 5) is 39.5. The first-order chi connectivity index (χ1) is 17.5. The lowest BCUT2D eigenvalue weighted by atomic mass is 10.1. The van der Waals surface area contributed by atoms with Gasteiger partial charge < -0.3 is 29.7 Å². The van der Waals surface area contributed by atoms with Crippen LogP contribution in [0.2, 0.25) is 0 Å². The Balaban J connectivity index is 1.78. The van der Waals surface area contributed by atoms with Gasteiger partial charge in [0.1, 0.15) is 29.1 Å². The molecule has 0 radical (unpaired) electrons. The Morgan fingerprint density at radius 2 is 1.95 bits per heavy atom. The van der Waals surface area contributed by atoms with Crippen molar-refractivity contribution in [3.63, 3.8) is 0 Å². The minimum atomic E-state index is -1.07. The van der Waals surface area contributed by atoms with E-state index in [1.54, 1.807) is 20.8 Å². The molecule has 2 aromatic rings. The van der Waals surface area contributed by atoms with Crippen molar-refractivity contribution in [3.05, 3.63) is 46.3 Å². The number of ether oxygens (including phenoxy) is 2. The number of nitrogens with two attached hydrogens (primary N) is 1. The van der Waals surface area contributed by atoms with Gasteiger partial charge in [0.2, 0.25) is 5.43 Å². The molecular weight excluding hydrogens is 488 g/mol. The average molecular weight is 520 g/mol. The van der Waals surface area contributed by atoms with Gasteiger partial charge in [0.15, 0.2) is 11.6 Å². The molecule has 1 amide bonds. The lowest BCUT2D eigenvalue weighted by Crippen LogP contribution is -2.40. The number of aromatic nitrogens is 1. The van der Waals surface area contributed by atoms with Gasteiger partial charge in [0.05, 0.1) is 16.9 Å². The Morgan fingerprint density at radius 3 is 2.54 bits per heavy atom. The van der Waals surface area contributed by atoms with Crippen LogP contribution < -0.4 is 26.9 Å². The molecule has 1 saturated carbocycles. The van der Waals surface area contributed by atoms with E-state index in [2.05, 4.69) is 17.3 Å². The number of benzene rings is 1. The van der Waals surface area contributed by atoms with E-state index in [-0.39, 0.29) is 47.9 Å². The quantitative estimate of drug-likeness (QED) is 0.220. The minimum absolute atomic E-state index is 0.113. The maximum Gasteiger partial charge on any atom is 0.407 e. The molecule has 2 aliphatic rings. The van der Waals surface area contributed by atoms with Gasteiger partial charge in [-0.1, -0.05) is 12.7 Å². The molecule has 12 heteroatoms. The number of hydrogen-bond acceptors (Lipinski definition) is 8. The molecule has 1 aliphatic carbocycles. The van der Waals surface area contributed by atoms with Gasteiger partial charge in [-0.25, -0.2) is 18.4 Å². The Labute approximate surface area is 212 Å². The lowest BCUT2D eigenvalue weighted by Gasteiger charge is -2.25. The van der Waals surface area contributed by atoms with Gasteiger partial charge in [-0.05, 0) is 40.0 Å². The summed E-state index contributed by atoms with van der Waals surface area (Å²) in [5.41, 5.74) is -0.695. The number of halogens is 2. The van der Waals surface area contributed by atoms with E-state index in [0.717, 1.165) is 0 Å². The molecule has 1 aromatic carbocycles.